The zero-order valence-electron chi connectivity index (χ0n) is 10.2. The van der Waals surface area contributed by atoms with Crippen LogP contribution in [-0.4, -0.2) is 46.4 Å². The van der Waals surface area contributed by atoms with E-state index < -0.39 is 0 Å². The third kappa shape index (κ3) is 14.6. The lowest BCUT2D eigenvalue weighted by molar-refractivity contribution is 0.287. The van der Waals surface area contributed by atoms with Crippen molar-refractivity contribution >= 4 is 23.5 Å². The second-order valence-electron chi connectivity index (χ2n) is 3.79. The molecule has 0 aliphatic rings. The lowest BCUT2D eigenvalue weighted by Gasteiger charge is -2.02. The number of thioether (sulfide) groups is 2. The third-order valence-electron chi connectivity index (χ3n) is 2.22. The predicted octanol–water partition coefficient (Wildman–Crippen LogP) is 2.78. The molecule has 0 saturated carbocycles. The normalized spacial score (nSPS) is 10.9. The molecule has 2 N–H and O–H groups in total. The topological polar surface area (TPSA) is 40.5 Å². The van der Waals surface area contributed by atoms with Crippen LogP contribution < -0.4 is 0 Å². The molecule has 0 aliphatic heterocycles. The molecule has 0 atom stereocenters. The van der Waals surface area contributed by atoms with Gasteiger partial charge in [-0.2, -0.15) is 23.5 Å². The van der Waals surface area contributed by atoms with E-state index in [0.29, 0.717) is 13.2 Å². The molecule has 0 unspecified atom stereocenters. The Morgan fingerprint density at radius 1 is 0.500 bits per heavy atom. The van der Waals surface area contributed by atoms with Gasteiger partial charge in [0.05, 0.1) is 0 Å². The number of rotatable bonds is 13. The SMILES string of the molecule is OCCCCSCCCCSCCCCO. The first-order chi connectivity index (χ1) is 7.91. The van der Waals surface area contributed by atoms with Gasteiger partial charge in [0, 0.05) is 13.2 Å². The van der Waals surface area contributed by atoms with Crippen LogP contribution in [0.1, 0.15) is 38.5 Å². The Morgan fingerprint density at radius 3 is 1.12 bits per heavy atom. The molecule has 0 heterocycles. The average molecular weight is 266 g/mol. The van der Waals surface area contributed by atoms with Crippen molar-refractivity contribution in [2.75, 3.05) is 36.2 Å². The van der Waals surface area contributed by atoms with E-state index in [0.717, 1.165) is 25.7 Å². The van der Waals surface area contributed by atoms with Gasteiger partial charge in [0.1, 0.15) is 0 Å². The molecule has 0 spiro atoms. The Hall–Kier alpha value is 0.620. The molecule has 0 fully saturated rings. The Kier molecular flexibility index (Phi) is 16.2. The van der Waals surface area contributed by atoms with E-state index in [2.05, 4.69) is 0 Å². The number of unbranched alkanes of at least 4 members (excludes halogenated alkanes) is 3. The number of aliphatic hydroxyl groups excluding tert-OH is 2. The molecule has 4 heteroatoms. The maximum absolute atomic E-state index is 8.60. The van der Waals surface area contributed by atoms with Crippen molar-refractivity contribution in [3.05, 3.63) is 0 Å². The third-order valence-corrected chi connectivity index (χ3v) is 4.53. The molecular formula is C12H26O2S2. The quantitative estimate of drug-likeness (QED) is 0.503. The minimum atomic E-state index is 0.338. The Morgan fingerprint density at radius 2 is 0.812 bits per heavy atom. The highest BCUT2D eigenvalue weighted by Gasteiger charge is 1.93. The van der Waals surface area contributed by atoms with Crippen LogP contribution in [0.3, 0.4) is 0 Å². The van der Waals surface area contributed by atoms with Gasteiger partial charge < -0.3 is 10.2 Å². The highest BCUT2D eigenvalue weighted by Crippen LogP contribution is 2.11. The smallest absolute Gasteiger partial charge is 0.0431 e. The van der Waals surface area contributed by atoms with Gasteiger partial charge in [0.15, 0.2) is 0 Å². The van der Waals surface area contributed by atoms with Crippen molar-refractivity contribution in [1.82, 2.24) is 0 Å². The summed E-state index contributed by atoms with van der Waals surface area (Å²) in [4.78, 5) is 0. The van der Waals surface area contributed by atoms with Crippen LogP contribution >= 0.6 is 23.5 Å². The van der Waals surface area contributed by atoms with Gasteiger partial charge in [0.25, 0.3) is 0 Å². The van der Waals surface area contributed by atoms with E-state index in [9.17, 15) is 0 Å². The summed E-state index contributed by atoms with van der Waals surface area (Å²) in [5.41, 5.74) is 0. The predicted molar refractivity (Wildman–Crippen MR) is 76.5 cm³/mol. The fraction of sp³-hybridized carbons (Fsp3) is 1.00. The van der Waals surface area contributed by atoms with Crippen LogP contribution in [0.2, 0.25) is 0 Å². The zero-order valence-corrected chi connectivity index (χ0v) is 11.8. The first-order valence-electron chi connectivity index (χ1n) is 6.29. The molecule has 0 rings (SSSR count). The maximum atomic E-state index is 8.60. The molecule has 2 nitrogen and oxygen atoms in total. The standard InChI is InChI=1S/C12H26O2S2/c13-7-1-3-9-15-11-5-6-12-16-10-4-2-8-14/h13-14H,1-12H2. The minimum absolute atomic E-state index is 0.338. The van der Waals surface area contributed by atoms with E-state index in [1.807, 2.05) is 23.5 Å². The van der Waals surface area contributed by atoms with Crippen molar-refractivity contribution < 1.29 is 10.2 Å². The summed E-state index contributed by atoms with van der Waals surface area (Å²) in [5, 5.41) is 17.2. The minimum Gasteiger partial charge on any atom is -0.396 e. The highest BCUT2D eigenvalue weighted by atomic mass is 32.2. The van der Waals surface area contributed by atoms with Gasteiger partial charge in [-0.1, -0.05) is 0 Å². The Labute approximate surface area is 109 Å². The van der Waals surface area contributed by atoms with Gasteiger partial charge in [0.2, 0.25) is 0 Å². The van der Waals surface area contributed by atoms with E-state index in [4.69, 9.17) is 10.2 Å². The molecular weight excluding hydrogens is 240 g/mol. The van der Waals surface area contributed by atoms with Crippen LogP contribution in [-0.2, 0) is 0 Å². The largest absolute Gasteiger partial charge is 0.396 e. The monoisotopic (exact) mass is 266 g/mol. The summed E-state index contributed by atoms with van der Waals surface area (Å²) >= 11 is 4.02. The first kappa shape index (κ1) is 16.6. The van der Waals surface area contributed by atoms with Crippen molar-refractivity contribution in [2.45, 2.75) is 38.5 Å². The average Bonchev–Trinajstić information content (AvgIpc) is 2.31. The fourth-order valence-corrected chi connectivity index (χ4v) is 3.29. The Bertz CT molecular complexity index is 110. The molecule has 0 aromatic heterocycles. The molecule has 0 aromatic rings. The van der Waals surface area contributed by atoms with E-state index >= 15 is 0 Å². The molecule has 16 heavy (non-hydrogen) atoms. The van der Waals surface area contributed by atoms with Crippen LogP contribution in [0.5, 0.6) is 0 Å². The lowest BCUT2D eigenvalue weighted by Crippen LogP contribution is -1.90. The molecule has 0 bridgehead atoms. The van der Waals surface area contributed by atoms with Crippen LogP contribution in [0.4, 0.5) is 0 Å². The number of hydrogen-bond donors (Lipinski definition) is 2. The summed E-state index contributed by atoms with van der Waals surface area (Å²) in [7, 11) is 0. The second-order valence-corrected chi connectivity index (χ2v) is 6.24. The molecule has 0 aromatic carbocycles. The first-order valence-corrected chi connectivity index (χ1v) is 8.60. The highest BCUT2D eigenvalue weighted by molar-refractivity contribution is 7.99. The molecule has 0 aliphatic carbocycles. The van der Waals surface area contributed by atoms with E-state index in [1.54, 1.807) is 0 Å². The van der Waals surface area contributed by atoms with Gasteiger partial charge in [-0.25, -0.2) is 0 Å². The van der Waals surface area contributed by atoms with Gasteiger partial charge >= 0.3 is 0 Å². The Balaban J connectivity index is 2.83. The van der Waals surface area contributed by atoms with E-state index in [1.165, 1.54) is 35.9 Å². The van der Waals surface area contributed by atoms with Crippen LogP contribution in [0.15, 0.2) is 0 Å². The maximum Gasteiger partial charge on any atom is 0.0431 e. The van der Waals surface area contributed by atoms with Crippen LogP contribution in [0, 0.1) is 0 Å². The summed E-state index contributed by atoms with van der Waals surface area (Å²) < 4.78 is 0. The second kappa shape index (κ2) is 15.6. The zero-order chi connectivity index (χ0) is 11.9. The van der Waals surface area contributed by atoms with Crippen molar-refractivity contribution in [1.29, 1.82) is 0 Å². The summed E-state index contributed by atoms with van der Waals surface area (Å²) in [5.74, 6) is 4.93. The van der Waals surface area contributed by atoms with Gasteiger partial charge in [-0.05, 0) is 61.5 Å². The summed E-state index contributed by atoms with van der Waals surface area (Å²) in [6, 6.07) is 0. The van der Waals surface area contributed by atoms with Gasteiger partial charge in [-0.3, -0.25) is 0 Å². The van der Waals surface area contributed by atoms with Gasteiger partial charge in [-0.15, -0.1) is 0 Å². The molecule has 0 radical (unpaired) electrons. The number of hydrogen-bond acceptors (Lipinski definition) is 4. The molecule has 0 amide bonds. The fourth-order valence-electron chi connectivity index (χ4n) is 1.24. The van der Waals surface area contributed by atoms with Crippen molar-refractivity contribution in [2.24, 2.45) is 0 Å². The summed E-state index contributed by atoms with van der Waals surface area (Å²) in [6.07, 6.45) is 6.84. The van der Waals surface area contributed by atoms with Crippen LogP contribution in [0.25, 0.3) is 0 Å². The number of aliphatic hydroxyl groups is 2. The lowest BCUT2D eigenvalue weighted by atomic mass is 10.4. The van der Waals surface area contributed by atoms with Crippen molar-refractivity contribution in [3.8, 4) is 0 Å². The molecule has 0 saturated heterocycles. The molecule has 98 valence electrons. The van der Waals surface area contributed by atoms with Crippen molar-refractivity contribution in [3.63, 3.8) is 0 Å². The summed E-state index contributed by atoms with van der Waals surface area (Å²) in [6.45, 7) is 0.677. The van der Waals surface area contributed by atoms with E-state index in [-0.39, 0.29) is 0 Å².